The van der Waals surface area contributed by atoms with E-state index in [4.69, 9.17) is 0 Å². The molecule has 3 aliphatic rings. The lowest BCUT2D eigenvalue weighted by atomic mass is 9.85. The van der Waals surface area contributed by atoms with Crippen LogP contribution in [-0.2, 0) is 4.79 Å². The number of para-hydroxylation sites is 1. The van der Waals surface area contributed by atoms with Crippen molar-refractivity contribution >= 4 is 36.4 Å². The number of anilines is 1. The molecule has 1 aliphatic carbocycles. The SMILES string of the molecule is Cc1ccccc1N1CCN(C(=O)C2CC3CCCCC3N2)CC1.Cl.Cl. The van der Waals surface area contributed by atoms with E-state index < -0.39 is 0 Å². The first-order valence-electron chi connectivity index (χ1n) is 9.58. The number of carbonyl (C=O) groups excluding carboxylic acids is 1. The fourth-order valence-corrected chi connectivity index (χ4v) is 4.82. The van der Waals surface area contributed by atoms with Gasteiger partial charge in [-0.1, -0.05) is 31.0 Å². The number of benzene rings is 1. The number of fused-ring (bicyclic) bond motifs is 1. The van der Waals surface area contributed by atoms with Crippen LogP contribution in [0.5, 0.6) is 0 Å². The third-order valence-electron chi connectivity index (χ3n) is 6.21. The average molecular weight is 400 g/mol. The molecule has 2 aliphatic heterocycles. The van der Waals surface area contributed by atoms with E-state index in [1.54, 1.807) is 0 Å². The van der Waals surface area contributed by atoms with E-state index >= 15 is 0 Å². The molecule has 1 aromatic rings. The van der Waals surface area contributed by atoms with Crippen LogP contribution in [0.15, 0.2) is 24.3 Å². The number of amides is 1. The molecule has 1 N–H and O–H groups in total. The van der Waals surface area contributed by atoms with E-state index in [1.807, 2.05) is 0 Å². The minimum atomic E-state index is 0. The Kier molecular flexibility index (Phi) is 7.63. The van der Waals surface area contributed by atoms with Crippen molar-refractivity contribution in [1.29, 1.82) is 0 Å². The summed E-state index contributed by atoms with van der Waals surface area (Å²) in [4.78, 5) is 17.4. The Morgan fingerprint density at radius 2 is 1.73 bits per heavy atom. The number of nitrogens with one attached hydrogen (secondary N) is 1. The molecule has 2 saturated heterocycles. The molecule has 1 aromatic carbocycles. The third kappa shape index (κ3) is 4.29. The van der Waals surface area contributed by atoms with Crippen LogP contribution in [0.4, 0.5) is 5.69 Å². The first kappa shape index (κ1) is 21.3. The molecule has 1 saturated carbocycles. The quantitative estimate of drug-likeness (QED) is 0.827. The second kappa shape index (κ2) is 9.29. The van der Waals surface area contributed by atoms with Gasteiger partial charge < -0.3 is 15.1 Å². The highest BCUT2D eigenvalue weighted by Gasteiger charge is 2.40. The predicted molar refractivity (Wildman–Crippen MR) is 112 cm³/mol. The Bertz CT molecular complexity index is 590. The molecule has 4 nitrogen and oxygen atoms in total. The molecule has 2 heterocycles. The van der Waals surface area contributed by atoms with Gasteiger partial charge in [0.1, 0.15) is 0 Å². The molecule has 1 amide bonds. The van der Waals surface area contributed by atoms with E-state index in [1.165, 1.54) is 36.9 Å². The van der Waals surface area contributed by atoms with Gasteiger partial charge in [-0.25, -0.2) is 0 Å². The van der Waals surface area contributed by atoms with Crippen molar-refractivity contribution in [3.8, 4) is 0 Å². The van der Waals surface area contributed by atoms with Crippen molar-refractivity contribution in [2.24, 2.45) is 5.92 Å². The Morgan fingerprint density at radius 1 is 1.04 bits per heavy atom. The summed E-state index contributed by atoms with van der Waals surface area (Å²) in [6, 6.07) is 9.21. The zero-order valence-corrected chi connectivity index (χ0v) is 17.2. The minimum absolute atomic E-state index is 0. The van der Waals surface area contributed by atoms with Crippen LogP contribution in [0.3, 0.4) is 0 Å². The van der Waals surface area contributed by atoms with E-state index in [0.717, 1.165) is 38.5 Å². The molecule has 0 radical (unpaired) electrons. The third-order valence-corrected chi connectivity index (χ3v) is 6.21. The maximum absolute atomic E-state index is 12.9. The molecule has 0 bridgehead atoms. The van der Waals surface area contributed by atoms with Gasteiger partial charge in [-0.2, -0.15) is 0 Å². The van der Waals surface area contributed by atoms with E-state index in [2.05, 4.69) is 46.3 Å². The summed E-state index contributed by atoms with van der Waals surface area (Å²) in [6.45, 7) is 5.74. The van der Waals surface area contributed by atoms with Gasteiger partial charge in [0.05, 0.1) is 6.04 Å². The van der Waals surface area contributed by atoms with Gasteiger partial charge in [0, 0.05) is 37.9 Å². The fourth-order valence-electron chi connectivity index (χ4n) is 4.82. The normalized spacial score (nSPS) is 28.0. The monoisotopic (exact) mass is 399 g/mol. The molecule has 6 heteroatoms. The van der Waals surface area contributed by atoms with Crippen molar-refractivity contribution in [2.45, 2.75) is 51.1 Å². The van der Waals surface area contributed by atoms with E-state index in [9.17, 15) is 4.79 Å². The summed E-state index contributed by atoms with van der Waals surface area (Å²) >= 11 is 0. The van der Waals surface area contributed by atoms with Crippen molar-refractivity contribution in [1.82, 2.24) is 10.2 Å². The first-order valence-corrected chi connectivity index (χ1v) is 9.58. The number of halogens is 2. The zero-order valence-electron chi connectivity index (χ0n) is 15.5. The minimum Gasteiger partial charge on any atom is -0.368 e. The second-order valence-electron chi connectivity index (χ2n) is 7.70. The summed E-state index contributed by atoms with van der Waals surface area (Å²) in [6.07, 6.45) is 6.29. The molecule has 4 rings (SSSR count). The summed E-state index contributed by atoms with van der Waals surface area (Å²) in [5.41, 5.74) is 2.63. The first-order chi connectivity index (χ1) is 11.7. The van der Waals surface area contributed by atoms with Gasteiger partial charge in [0.15, 0.2) is 0 Å². The summed E-state index contributed by atoms with van der Waals surface area (Å²) in [5, 5.41) is 3.64. The van der Waals surface area contributed by atoms with Crippen LogP contribution >= 0.6 is 24.8 Å². The van der Waals surface area contributed by atoms with E-state index in [0.29, 0.717) is 11.9 Å². The number of hydrogen-bond acceptors (Lipinski definition) is 3. The van der Waals surface area contributed by atoms with Crippen molar-refractivity contribution in [3.05, 3.63) is 29.8 Å². The molecule has 0 spiro atoms. The van der Waals surface area contributed by atoms with Crippen LogP contribution < -0.4 is 10.2 Å². The molecule has 146 valence electrons. The topological polar surface area (TPSA) is 35.6 Å². The van der Waals surface area contributed by atoms with Crippen LogP contribution in [0, 0.1) is 12.8 Å². The van der Waals surface area contributed by atoms with Gasteiger partial charge in [0.25, 0.3) is 0 Å². The van der Waals surface area contributed by atoms with Gasteiger partial charge in [-0.3, -0.25) is 4.79 Å². The number of aryl methyl sites for hydroxylation is 1. The summed E-state index contributed by atoms with van der Waals surface area (Å²) < 4.78 is 0. The highest BCUT2D eigenvalue weighted by molar-refractivity contribution is 5.85. The average Bonchev–Trinajstić information content (AvgIpc) is 3.06. The van der Waals surface area contributed by atoms with Gasteiger partial charge >= 0.3 is 0 Å². The van der Waals surface area contributed by atoms with Crippen molar-refractivity contribution in [2.75, 3.05) is 31.1 Å². The molecule has 3 atom stereocenters. The van der Waals surface area contributed by atoms with Gasteiger partial charge in [-0.15, -0.1) is 24.8 Å². The second-order valence-corrected chi connectivity index (χ2v) is 7.70. The lowest BCUT2D eigenvalue weighted by molar-refractivity contribution is -0.133. The molecular formula is C20H31Cl2N3O. The molecular weight excluding hydrogens is 369 g/mol. The Hall–Kier alpha value is -0.970. The highest BCUT2D eigenvalue weighted by atomic mass is 35.5. The maximum atomic E-state index is 12.9. The van der Waals surface area contributed by atoms with Crippen molar-refractivity contribution in [3.63, 3.8) is 0 Å². The van der Waals surface area contributed by atoms with Crippen LogP contribution in [0.25, 0.3) is 0 Å². The number of piperazine rings is 1. The molecule has 26 heavy (non-hydrogen) atoms. The number of rotatable bonds is 2. The maximum Gasteiger partial charge on any atom is 0.239 e. The standard InChI is InChI=1S/C20H29N3O.2ClH/c1-15-6-2-5-9-19(15)22-10-12-23(13-11-22)20(24)18-14-16-7-3-4-8-17(16)21-18;;/h2,5-6,9,16-18,21H,3-4,7-8,10-14H2,1H3;2*1H. The lowest BCUT2D eigenvalue weighted by Crippen LogP contribution is -2.53. The number of nitrogens with zero attached hydrogens (tertiary/aromatic N) is 2. The fraction of sp³-hybridized carbons (Fsp3) is 0.650. The largest absolute Gasteiger partial charge is 0.368 e. The van der Waals surface area contributed by atoms with Crippen molar-refractivity contribution < 1.29 is 4.79 Å². The highest BCUT2D eigenvalue weighted by Crippen LogP contribution is 2.33. The van der Waals surface area contributed by atoms with Crippen LogP contribution in [-0.4, -0.2) is 49.1 Å². The molecule has 0 aromatic heterocycles. The Morgan fingerprint density at radius 3 is 2.42 bits per heavy atom. The van der Waals surface area contributed by atoms with Gasteiger partial charge in [0.2, 0.25) is 5.91 Å². The van der Waals surface area contributed by atoms with Crippen LogP contribution in [0.1, 0.15) is 37.7 Å². The Labute approximate surface area is 169 Å². The number of carbonyl (C=O) groups is 1. The number of hydrogen-bond donors (Lipinski definition) is 1. The smallest absolute Gasteiger partial charge is 0.239 e. The predicted octanol–water partition coefficient (Wildman–Crippen LogP) is 3.41. The van der Waals surface area contributed by atoms with Crippen LogP contribution in [0.2, 0.25) is 0 Å². The summed E-state index contributed by atoms with van der Waals surface area (Å²) in [7, 11) is 0. The molecule has 3 fully saturated rings. The van der Waals surface area contributed by atoms with E-state index in [-0.39, 0.29) is 30.9 Å². The van der Waals surface area contributed by atoms with Gasteiger partial charge in [-0.05, 0) is 43.7 Å². The Balaban J connectivity index is 0.00000121. The summed E-state index contributed by atoms with van der Waals surface area (Å²) in [5.74, 6) is 1.08. The lowest BCUT2D eigenvalue weighted by Gasteiger charge is -2.37. The molecule has 3 unspecified atom stereocenters. The zero-order chi connectivity index (χ0) is 16.5.